The van der Waals surface area contributed by atoms with Crippen molar-refractivity contribution in [3.8, 4) is 0 Å². The van der Waals surface area contributed by atoms with Crippen LogP contribution >= 0.6 is 23.8 Å². The summed E-state index contributed by atoms with van der Waals surface area (Å²) < 4.78 is 0. The highest BCUT2D eigenvalue weighted by atomic mass is 35.5. The van der Waals surface area contributed by atoms with Crippen LogP contribution in [-0.4, -0.2) is 24.1 Å². The molecule has 0 aliphatic carbocycles. The zero-order valence-corrected chi connectivity index (χ0v) is 16.8. The number of fused-ring (bicyclic) bond motifs is 1. The first-order valence-electron chi connectivity index (χ1n) is 9.26. The predicted octanol–water partition coefficient (Wildman–Crippen LogP) is 5.22. The second-order valence-corrected chi connectivity index (χ2v) is 7.61. The summed E-state index contributed by atoms with van der Waals surface area (Å²) in [5.74, 6) is -0.242. The fraction of sp³-hybridized carbons (Fsp3) is 0.182. The minimum Gasteiger partial charge on any atom is -0.370 e. The summed E-state index contributed by atoms with van der Waals surface area (Å²) in [5.41, 5.74) is 2.37. The maximum Gasteiger partial charge on any atom is 0.258 e. The molecule has 3 aromatic carbocycles. The Morgan fingerprint density at radius 3 is 2.54 bits per heavy atom. The van der Waals surface area contributed by atoms with E-state index in [1.165, 1.54) is 12.8 Å². The van der Waals surface area contributed by atoms with Gasteiger partial charge < -0.3 is 10.2 Å². The van der Waals surface area contributed by atoms with Crippen molar-refractivity contribution in [1.29, 1.82) is 0 Å². The number of amides is 1. The first-order chi connectivity index (χ1) is 13.6. The zero-order chi connectivity index (χ0) is 19.5. The van der Waals surface area contributed by atoms with Crippen molar-refractivity contribution in [3.63, 3.8) is 0 Å². The summed E-state index contributed by atoms with van der Waals surface area (Å²) in [5, 5.41) is 8.62. The molecule has 0 atom stereocenters. The van der Waals surface area contributed by atoms with E-state index >= 15 is 0 Å². The van der Waals surface area contributed by atoms with Gasteiger partial charge in [0.15, 0.2) is 5.11 Å². The molecule has 1 fully saturated rings. The summed E-state index contributed by atoms with van der Waals surface area (Å²) >= 11 is 11.8. The van der Waals surface area contributed by atoms with Gasteiger partial charge in [-0.1, -0.05) is 48.0 Å². The molecule has 3 aromatic rings. The Kier molecular flexibility index (Phi) is 5.46. The van der Waals surface area contributed by atoms with E-state index in [4.69, 9.17) is 23.8 Å². The van der Waals surface area contributed by atoms with E-state index < -0.39 is 0 Å². The number of hydrogen-bond acceptors (Lipinski definition) is 3. The molecule has 1 saturated heterocycles. The third-order valence-corrected chi connectivity index (χ3v) is 5.42. The van der Waals surface area contributed by atoms with Crippen molar-refractivity contribution in [2.24, 2.45) is 0 Å². The Balaban J connectivity index is 1.45. The summed E-state index contributed by atoms with van der Waals surface area (Å²) in [4.78, 5) is 15.0. The molecule has 0 bridgehead atoms. The quantitative estimate of drug-likeness (QED) is 0.582. The van der Waals surface area contributed by atoms with Crippen LogP contribution in [0, 0.1) is 0 Å². The van der Waals surface area contributed by atoms with E-state index in [0.29, 0.717) is 10.6 Å². The highest BCUT2D eigenvalue weighted by Crippen LogP contribution is 2.31. The zero-order valence-electron chi connectivity index (χ0n) is 15.2. The number of rotatable bonds is 3. The molecule has 0 aromatic heterocycles. The van der Waals surface area contributed by atoms with Crippen LogP contribution in [0.15, 0.2) is 60.7 Å². The van der Waals surface area contributed by atoms with Crippen molar-refractivity contribution < 1.29 is 4.79 Å². The van der Waals surface area contributed by atoms with Crippen LogP contribution in [0.3, 0.4) is 0 Å². The third kappa shape index (κ3) is 3.96. The van der Waals surface area contributed by atoms with Gasteiger partial charge in [0, 0.05) is 24.3 Å². The van der Waals surface area contributed by atoms with E-state index in [-0.39, 0.29) is 11.0 Å². The van der Waals surface area contributed by atoms with Gasteiger partial charge in [-0.05, 0) is 60.1 Å². The minimum atomic E-state index is -0.242. The number of carbonyl (C=O) groups is 1. The van der Waals surface area contributed by atoms with Crippen LogP contribution < -0.4 is 15.5 Å². The molecule has 4 nitrogen and oxygen atoms in total. The number of benzene rings is 3. The van der Waals surface area contributed by atoms with E-state index in [1.807, 2.05) is 54.6 Å². The Labute approximate surface area is 174 Å². The Hall–Kier alpha value is -2.63. The van der Waals surface area contributed by atoms with Crippen molar-refractivity contribution >= 4 is 57.0 Å². The topological polar surface area (TPSA) is 44.4 Å². The molecular formula is C22H20ClN3OS. The first kappa shape index (κ1) is 18.7. The van der Waals surface area contributed by atoms with E-state index in [2.05, 4.69) is 15.5 Å². The fourth-order valence-corrected chi connectivity index (χ4v) is 4.07. The average Bonchev–Trinajstić information content (AvgIpc) is 3.22. The second kappa shape index (κ2) is 8.17. The lowest BCUT2D eigenvalue weighted by molar-refractivity contribution is 0.0979. The molecule has 28 heavy (non-hydrogen) atoms. The van der Waals surface area contributed by atoms with Crippen molar-refractivity contribution in [1.82, 2.24) is 5.32 Å². The molecule has 1 amide bonds. The van der Waals surface area contributed by atoms with Crippen LogP contribution in [0.25, 0.3) is 10.8 Å². The van der Waals surface area contributed by atoms with E-state index in [1.54, 1.807) is 6.07 Å². The predicted molar refractivity (Wildman–Crippen MR) is 121 cm³/mol. The van der Waals surface area contributed by atoms with Gasteiger partial charge >= 0.3 is 0 Å². The lowest BCUT2D eigenvalue weighted by Gasteiger charge is -2.20. The molecule has 2 N–H and O–H groups in total. The number of halogens is 1. The first-order valence-corrected chi connectivity index (χ1v) is 10.0. The second-order valence-electron chi connectivity index (χ2n) is 6.80. The Morgan fingerprint density at radius 2 is 1.75 bits per heavy atom. The van der Waals surface area contributed by atoms with Gasteiger partial charge in [0.25, 0.3) is 5.91 Å². The maximum absolute atomic E-state index is 12.7. The number of carbonyl (C=O) groups excluding carboxylic acids is 1. The van der Waals surface area contributed by atoms with Crippen LogP contribution in [0.2, 0.25) is 5.02 Å². The highest BCUT2D eigenvalue weighted by molar-refractivity contribution is 7.80. The molecule has 142 valence electrons. The Morgan fingerprint density at radius 1 is 1.00 bits per heavy atom. The number of thiocarbonyl (C=S) groups is 1. The van der Waals surface area contributed by atoms with Gasteiger partial charge in [-0.2, -0.15) is 0 Å². The number of anilines is 2. The molecule has 1 aliphatic heterocycles. The van der Waals surface area contributed by atoms with Crippen molar-refractivity contribution in [2.75, 3.05) is 23.3 Å². The molecular weight excluding hydrogens is 390 g/mol. The van der Waals surface area contributed by atoms with Crippen molar-refractivity contribution in [3.05, 3.63) is 71.2 Å². The lowest BCUT2D eigenvalue weighted by Crippen LogP contribution is -2.34. The lowest BCUT2D eigenvalue weighted by atomic mass is 10.0. The summed E-state index contributed by atoms with van der Waals surface area (Å²) in [6.07, 6.45) is 2.39. The van der Waals surface area contributed by atoms with Crippen LogP contribution in [0.1, 0.15) is 23.2 Å². The van der Waals surface area contributed by atoms with E-state index in [0.717, 1.165) is 35.2 Å². The van der Waals surface area contributed by atoms with E-state index in [9.17, 15) is 4.79 Å². The standard InChI is InChI=1S/C22H20ClN3OS/c23-19-14-16(10-11-20(19)26-12-3-4-13-26)24-22(28)25-21(27)18-9-5-7-15-6-1-2-8-17(15)18/h1-2,5-11,14H,3-4,12-13H2,(H2,24,25,27,28). The molecule has 0 spiro atoms. The van der Waals surface area contributed by atoms with Crippen LogP contribution in [-0.2, 0) is 0 Å². The van der Waals surface area contributed by atoms with Gasteiger partial charge in [-0.25, -0.2) is 0 Å². The highest BCUT2D eigenvalue weighted by Gasteiger charge is 2.16. The summed E-state index contributed by atoms with van der Waals surface area (Å²) in [6, 6.07) is 19.2. The normalized spacial score (nSPS) is 13.5. The molecule has 6 heteroatoms. The summed E-state index contributed by atoms with van der Waals surface area (Å²) in [6.45, 7) is 2.07. The maximum atomic E-state index is 12.7. The fourth-order valence-electron chi connectivity index (χ4n) is 3.56. The molecule has 1 heterocycles. The van der Waals surface area contributed by atoms with Gasteiger partial charge in [0.05, 0.1) is 10.7 Å². The van der Waals surface area contributed by atoms with Gasteiger partial charge in [0.2, 0.25) is 0 Å². The summed E-state index contributed by atoms with van der Waals surface area (Å²) in [7, 11) is 0. The molecule has 4 rings (SSSR count). The van der Waals surface area contributed by atoms with Crippen LogP contribution in [0.4, 0.5) is 11.4 Å². The SMILES string of the molecule is O=C(NC(=S)Nc1ccc(N2CCCC2)c(Cl)c1)c1cccc2ccccc12. The average molecular weight is 410 g/mol. The molecule has 0 saturated carbocycles. The van der Waals surface area contributed by atoms with Crippen molar-refractivity contribution in [2.45, 2.75) is 12.8 Å². The monoisotopic (exact) mass is 409 g/mol. The number of nitrogens with one attached hydrogen (secondary N) is 2. The Bertz CT molecular complexity index is 1040. The smallest absolute Gasteiger partial charge is 0.258 e. The molecule has 0 radical (unpaired) electrons. The van der Waals surface area contributed by atoms with Gasteiger partial charge in [0.1, 0.15) is 0 Å². The largest absolute Gasteiger partial charge is 0.370 e. The van der Waals surface area contributed by atoms with Gasteiger partial charge in [-0.3, -0.25) is 10.1 Å². The molecule has 1 aliphatic rings. The molecule has 0 unspecified atom stereocenters. The minimum absolute atomic E-state index is 0.239. The number of hydrogen-bond donors (Lipinski definition) is 2. The van der Waals surface area contributed by atoms with Gasteiger partial charge in [-0.15, -0.1) is 0 Å². The third-order valence-electron chi connectivity index (χ3n) is 4.91. The van der Waals surface area contributed by atoms with Crippen LogP contribution in [0.5, 0.6) is 0 Å². The number of nitrogens with zero attached hydrogens (tertiary/aromatic N) is 1.